The maximum atomic E-state index is 10.8. The third kappa shape index (κ3) is 7.52. The molecule has 0 saturated carbocycles. The van der Waals surface area contributed by atoms with Crippen molar-refractivity contribution in [3.63, 3.8) is 0 Å². The molecular weight excluding hydrogens is 148 g/mol. The van der Waals surface area contributed by atoms with Gasteiger partial charge in [-0.15, -0.1) is 0 Å². The fourth-order valence-corrected chi connectivity index (χ4v) is 0.977. The van der Waals surface area contributed by atoms with Gasteiger partial charge in [0.25, 0.3) is 0 Å². The molecule has 0 saturated heterocycles. The van der Waals surface area contributed by atoms with Crippen molar-refractivity contribution in [2.24, 2.45) is 5.92 Å². The number of carbonyl (C=O) groups excluding carboxylic acids is 1. The summed E-state index contributed by atoms with van der Waals surface area (Å²) < 4.78 is 0. The van der Waals surface area contributed by atoms with E-state index in [2.05, 4.69) is 13.8 Å². The predicted molar refractivity (Wildman–Crippen MR) is 53.1 cm³/mol. The van der Waals surface area contributed by atoms with Crippen LogP contribution in [0.1, 0.15) is 46.5 Å². The fraction of sp³-hybridized carbons (Fsp3) is 0.727. The summed E-state index contributed by atoms with van der Waals surface area (Å²) in [6, 6.07) is 0. The molecule has 0 aromatic carbocycles. The minimum Gasteiger partial charge on any atom is -0.295 e. The third-order valence-corrected chi connectivity index (χ3v) is 1.80. The SMILES string of the molecule is CCC(=O)/C=C/CCCC(C)C. The molecule has 0 amide bonds. The summed E-state index contributed by atoms with van der Waals surface area (Å²) in [7, 11) is 0. The Balaban J connectivity index is 3.30. The minimum absolute atomic E-state index is 0.236. The lowest BCUT2D eigenvalue weighted by molar-refractivity contribution is -0.114. The van der Waals surface area contributed by atoms with Crippen molar-refractivity contribution in [2.75, 3.05) is 0 Å². The molecule has 1 heteroatoms. The van der Waals surface area contributed by atoms with Gasteiger partial charge < -0.3 is 0 Å². The van der Waals surface area contributed by atoms with E-state index in [0.717, 1.165) is 12.3 Å². The van der Waals surface area contributed by atoms with Crippen molar-refractivity contribution in [1.82, 2.24) is 0 Å². The van der Waals surface area contributed by atoms with E-state index >= 15 is 0 Å². The number of unbranched alkanes of at least 4 members (excludes halogenated alkanes) is 1. The lowest BCUT2D eigenvalue weighted by Crippen LogP contribution is -1.88. The summed E-state index contributed by atoms with van der Waals surface area (Å²) in [4.78, 5) is 10.8. The van der Waals surface area contributed by atoms with Crippen LogP contribution in [0, 0.1) is 5.92 Å². The molecule has 0 radical (unpaired) electrons. The Bertz CT molecular complexity index is 145. The lowest BCUT2D eigenvalue weighted by atomic mass is 10.1. The number of hydrogen-bond donors (Lipinski definition) is 0. The van der Waals surface area contributed by atoms with Crippen LogP contribution in [0.25, 0.3) is 0 Å². The average Bonchev–Trinajstić information content (AvgIpc) is 2.03. The summed E-state index contributed by atoms with van der Waals surface area (Å²) in [6.45, 7) is 6.34. The minimum atomic E-state index is 0.236. The van der Waals surface area contributed by atoms with Crippen LogP contribution in [-0.2, 0) is 4.79 Å². The number of ketones is 1. The normalized spacial score (nSPS) is 11.3. The zero-order valence-corrected chi connectivity index (χ0v) is 8.47. The third-order valence-electron chi connectivity index (χ3n) is 1.80. The molecule has 0 aromatic rings. The van der Waals surface area contributed by atoms with E-state index in [-0.39, 0.29) is 5.78 Å². The Morgan fingerprint density at radius 2 is 2.08 bits per heavy atom. The summed E-state index contributed by atoms with van der Waals surface area (Å²) in [6.07, 6.45) is 7.83. The zero-order chi connectivity index (χ0) is 9.40. The molecule has 0 atom stereocenters. The average molecular weight is 168 g/mol. The maximum Gasteiger partial charge on any atom is 0.155 e. The van der Waals surface area contributed by atoms with Crippen molar-refractivity contribution in [2.45, 2.75) is 46.5 Å². The van der Waals surface area contributed by atoms with Gasteiger partial charge in [0.1, 0.15) is 0 Å². The van der Waals surface area contributed by atoms with Crippen molar-refractivity contribution < 1.29 is 4.79 Å². The second kappa shape index (κ2) is 7.08. The molecule has 0 aliphatic heterocycles. The highest BCUT2D eigenvalue weighted by Gasteiger charge is 1.92. The summed E-state index contributed by atoms with van der Waals surface area (Å²) in [5.74, 6) is 1.01. The van der Waals surface area contributed by atoms with Crippen molar-refractivity contribution in [3.8, 4) is 0 Å². The van der Waals surface area contributed by atoms with Gasteiger partial charge >= 0.3 is 0 Å². The van der Waals surface area contributed by atoms with Gasteiger partial charge in [0.15, 0.2) is 5.78 Å². The van der Waals surface area contributed by atoms with Gasteiger partial charge in [-0.3, -0.25) is 4.79 Å². The van der Waals surface area contributed by atoms with Gasteiger partial charge in [-0.2, -0.15) is 0 Å². The van der Waals surface area contributed by atoms with Crippen LogP contribution in [0.5, 0.6) is 0 Å². The van der Waals surface area contributed by atoms with Gasteiger partial charge in [0.2, 0.25) is 0 Å². The zero-order valence-electron chi connectivity index (χ0n) is 8.47. The summed E-state index contributed by atoms with van der Waals surface area (Å²) in [5, 5.41) is 0. The first kappa shape index (κ1) is 11.4. The van der Waals surface area contributed by atoms with Crippen LogP contribution >= 0.6 is 0 Å². The Kier molecular flexibility index (Phi) is 6.73. The molecule has 12 heavy (non-hydrogen) atoms. The maximum absolute atomic E-state index is 10.8. The topological polar surface area (TPSA) is 17.1 Å². The molecule has 0 N–H and O–H groups in total. The first-order valence-corrected chi connectivity index (χ1v) is 4.86. The van der Waals surface area contributed by atoms with E-state index in [9.17, 15) is 4.79 Å². The first-order chi connectivity index (χ1) is 5.66. The molecule has 0 unspecified atom stereocenters. The number of allylic oxidation sites excluding steroid dienone is 2. The molecule has 0 aliphatic carbocycles. The fourth-order valence-electron chi connectivity index (χ4n) is 0.977. The number of carbonyl (C=O) groups is 1. The molecule has 1 nitrogen and oxygen atoms in total. The molecular formula is C11H20O. The molecule has 0 aliphatic rings. The van der Waals surface area contributed by atoms with Crippen LogP contribution in [-0.4, -0.2) is 5.78 Å². The largest absolute Gasteiger partial charge is 0.295 e. The number of rotatable bonds is 6. The second-order valence-corrected chi connectivity index (χ2v) is 3.55. The second-order valence-electron chi connectivity index (χ2n) is 3.55. The quantitative estimate of drug-likeness (QED) is 0.439. The summed E-state index contributed by atoms with van der Waals surface area (Å²) in [5.41, 5.74) is 0. The Hall–Kier alpha value is -0.590. The smallest absolute Gasteiger partial charge is 0.155 e. The van der Waals surface area contributed by atoms with Gasteiger partial charge in [0, 0.05) is 6.42 Å². The first-order valence-electron chi connectivity index (χ1n) is 4.86. The van der Waals surface area contributed by atoms with E-state index in [4.69, 9.17) is 0 Å². The van der Waals surface area contributed by atoms with Crippen molar-refractivity contribution >= 4 is 5.78 Å². The van der Waals surface area contributed by atoms with E-state index < -0.39 is 0 Å². The van der Waals surface area contributed by atoms with Crippen LogP contribution in [0.15, 0.2) is 12.2 Å². The van der Waals surface area contributed by atoms with Crippen molar-refractivity contribution in [1.29, 1.82) is 0 Å². The monoisotopic (exact) mass is 168 g/mol. The number of hydrogen-bond acceptors (Lipinski definition) is 1. The lowest BCUT2D eigenvalue weighted by Gasteiger charge is -2.00. The predicted octanol–water partition coefficient (Wildman–Crippen LogP) is 3.35. The highest BCUT2D eigenvalue weighted by Crippen LogP contribution is 2.06. The van der Waals surface area contributed by atoms with Crippen LogP contribution in [0.3, 0.4) is 0 Å². The Morgan fingerprint density at radius 1 is 1.42 bits per heavy atom. The molecule has 0 rings (SSSR count). The molecule has 70 valence electrons. The van der Waals surface area contributed by atoms with Gasteiger partial charge in [0.05, 0.1) is 0 Å². The van der Waals surface area contributed by atoms with Crippen LogP contribution < -0.4 is 0 Å². The van der Waals surface area contributed by atoms with Gasteiger partial charge in [-0.05, 0) is 24.8 Å². The Morgan fingerprint density at radius 3 is 2.58 bits per heavy atom. The van der Waals surface area contributed by atoms with Gasteiger partial charge in [-0.25, -0.2) is 0 Å². The highest BCUT2D eigenvalue weighted by atomic mass is 16.1. The molecule has 0 aromatic heterocycles. The van der Waals surface area contributed by atoms with E-state index in [1.807, 2.05) is 13.0 Å². The molecule has 0 heterocycles. The van der Waals surface area contributed by atoms with E-state index in [1.165, 1.54) is 12.8 Å². The molecule has 0 spiro atoms. The molecule has 0 bridgehead atoms. The van der Waals surface area contributed by atoms with Crippen LogP contribution in [0.4, 0.5) is 0 Å². The Labute approximate surface area is 75.9 Å². The standard InChI is InChI=1S/C11H20O/c1-4-11(12)9-7-5-6-8-10(2)3/h7,9-10H,4-6,8H2,1-3H3/b9-7+. The summed E-state index contributed by atoms with van der Waals surface area (Å²) >= 11 is 0. The highest BCUT2D eigenvalue weighted by molar-refractivity contribution is 5.89. The van der Waals surface area contributed by atoms with Crippen molar-refractivity contribution in [3.05, 3.63) is 12.2 Å². The van der Waals surface area contributed by atoms with Crippen LogP contribution in [0.2, 0.25) is 0 Å². The van der Waals surface area contributed by atoms with E-state index in [0.29, 0.717) is 6.42 Å². The molecule has 0 fully saturated rings. The van der Waals surface area contributed by atoms with E-state index in [1.54, 1.807) is 6.08 Å². The van der Waals surface area contributed by atoms with Gasteiger partial charge in [-0.1, -0.05) is 33.3 Å².